The van der Waals surface area contributed by atoms with Crippen molar-refractivity contribution in [2.75, 3.05) is 5.32 Å². The Morgan fingerprint density at radius 2 is 1.73 bits per heavy atom. The quantitative estimate of drug-likeness (QED) is 0.616. The van der Waals surface area contributed by atoms with E-state index < -0.39 is 0 Å². The van der Waals surface area contributed by atoms with Gasteiger partial charge in [0.2, 0.25) is 0 Å². The van der Waals surface area contributed by atoms with E-state index in [1.807, 2.05) is 68.4 Å². The molecule has 6 nitrogen and oxygen atoms in total. The van der Waals surface area contributed by atoms with Crippen LogP contribution in [0.25, 0.3) is 16.6 Å². The van der Waals surface area contributed by atoms with Gasteiger partial charge in [0.15, 0.2) is 5.69 Å². The van der Waals surface area contributed by atoms with Crippen LogP contribution in [0, 0.1) is 13.8 Å². The maximum Gasteiger partial charge on any atom is 0.279 e. The third-order valence-corrected chi connectivity index (χ3v) is 4.29. The first kappa shape index (κ1) is 16.0. The molecule has 2 aromatic carbocycles. The van der Waals surface area contributed by atoms with Gasteiger partial charge in [0.1, 0.15) is 5.82 Å². The Hall–Kier alpha value is -3.54. The molecule has 6 heteroatoms. The van der Waals surface area contributed by atoms with Gasteiger partial charge in [-0.2, -0.15) is 0 Å². The summed E-state index contributed by atoms with van der Waals surface area (Å²) in [6.45, 7) is 3.82. The van der Waals surface area contributed by atoms with Gasteiger partial charge < -0.3 is 5.32 Å². The molecule has 2 heterocycles. The lowest BCUT2D eigenvalue weighted by Crippen LogP contribution is -2.15. The largest absolute Gasteiger partial charge is 0.305 e. The van der Waals surface area contributed by atoms with Crippen molar-refractivity contribution in [3.05, 3.63) is 77.6 Å². The van der Waals surface area contributed by atoms with Crippen molar-refractivity contribution in [2.45, 2.75) is 13.8 Å². The summed E-state index contributed by atoms with van der Waals surface area (Å²) in [7, 11) is 0. The van der Waals surface area contributed by atoms with E-state index in [4.69, 9.17) is 0 Å². The predicted octanol–water partition coefficient (Wildman–Crippen LogP) is 3.68. The van der Waals surface area contributed by atoms with E-state index in [2.05, 4.69) is 20.6 Å². The molecular formula is C20H17N5O. The minimum Gasteiger partial charge on any atom is -0.305 e. The van der Waals surface area contributed by atoms with Gasteiger partial charge in [0.05, 0.1) is 16.9 Å². The number of benzene rings is 2. The number of nitrogens with one attached hydrogen (secondary N) is 1. The molecule has 0 fully saturated rings. The molecule has 0 saturated carbocycles. The van der Waals surface area contributed by atoms with Crippen molar-refractivity contribution < 1.29 is 4.79 Å². The highest BCUT2D eigenvalue weighted by molar-refractivity contribution is 6.03. The molecule has 128 valence electrons. The molecule has 1 amide bonds. The molecular weight excluding hydrogens is 326 g/mol. The zero-order valence-electron chi connectivity index (χ0n) is 14.5. The summed E-state index contributed by atoms with van der Waals surface area (Å²) >= 11 is 0. The Morgan fingerprint density at radius 3 is 2.58 bits per heavy atom. The Bertz CT molecular complexity index is 1120. The van der Waals surface area contributed by atoms with Crippen molar-refractivity contribution in [1.29, 1.82) is 0 Å². The van der Waals surface area contributed by atoms with Crippen LogP contribution < -0.4 is 5.32 Å². The molecule has 0 bridgehead atoms. The van der Waals surface area contributed by atoms with E-state index in [0.717, 1.165) is 22.2 Å². The molecule has 0 radical (unpaired) electrons. The number of pyridine rings is 1. The summed E-state index contributed by atoms with van der Waals surface area (Å²) < 4.78 is 1.68. The molecule has 26 heavy (non-hydrogen) atoms. The van der Waals surface area contributed by atoms with Crippen LogP contribution in [-0.2, 0) is 0 Å². The molecule has 0 aliphatic heterocycles. The summed E-state index contributed by atoms with van der Waals surface area (Å²) in [6.07, 6.45) is 0. The summed E-state index contributed by atoms with van der Waals surface area (Å²) in [4.78, 5) is 17.1. The highest BCUT2D eigenvalue weighted by atomic mass is 16.2. The first-order chi connectivity index (χ1) is 12.6. The molecule has 4 rings (SSSR count). The standard InChI is InChI=1S/C20H17N5O/c1-13-7-3-6-10-17(13)25-14(2)19(23-24-25)20(26)22-18-12-11-15-8-4-5-9-16(15)21-18/h3-12H,1-2H3,(H,21,22,26). The van der Waals surface area contributed by atoms with Crippen molar-refractivity contribution >= 4 is 22.6 Å². The maximum absolute atomic E-state index is 12.6. The van der Waals surface area contributed by atoms with Crippen molar-refractivity contribution in [1.82, 2.24) is 20.0 Å². The Balaban J connectivity index is 1.63. The second-order valence-electron chi connectivity index (χ2n) is 6.07. The van der Waals surface area contributed by atoms with Gasteiger partial charge in [0.25, 0.3) is 5.91 Å². The highest BCUT2D eigenvalue weighted by Crippen LogP contribution is 2.18. The highest BCUT2D eigenvalue weighted by Gasteiger charge is 2.18. The Kier molecular flexibility index (Phi) is 3.93. The van der Waals surface area contributed by atoms with Crippen LogP contribution in [-0.4, -0.2) is 25.9 Å². The third kappa shape index (κ3) is 2.82. The number of nitrogens with zero attached hydrogens (tertiary/aromatic N) is 4. The van der Waals surface area contributed by atoms with Gasteiger partial charge >= 0.3 is 0 Å². The first-order valence-electron chi connectivity index (χ1n) is 8.29. The predicted molar refractivity (Wildman–Crippen MR) is 101 cm³/mol. The lowest BCUT2D eigenvalue weighted by Gasteiger charge is -2.07. The number of aromatic nitrogens is 4. The number of carbonyl (C=O) groups excluding carboxylic acids is 1. The summed E-state index contributed by atoms with van der Waals surface area (Å²) in [5.74, 6) is 0.156. The average molecular weight is 343 g/mol. The normalized spacial score (nSPS) is 10.8. The van der Waals surface area contributed by atoms with E-state index in [1.54, 1.807) is 10.7 Å². The number of amides is 1. The van der Waals surface area contributed by atoms with Crippen LogP contribution in [0.3, 0.4) is 0 Å². The molecule has 2 aromatic heterocycles. The van der Waals surface area contributed by atoms with E-state index in [9.17, 15) is 4.79 Å². The van der Waals surface area contributed by atoms with Gasteiger partial charge in [-0.15, -0.1) is 5.10 Å². The van der Waals surface area contributed by atoms with Crippen LogP contribution in [0.4, 0.5) is 5.82 Å². The topological polar surface area (TPSA) is 72.7 Å². The fourth-order valence-electron chi connectivity index (χ4n) is 2.88. The van der Waals surface area contributed by atoms with Crippen LogP contribution >= 0.6 is 0 Å². The van der Waals surface area contributed by atoms with Crippen molar-refractivity contribution in [3.63, 3.8) is 0 Å². The fraction of sp³-hybridized carbons (Fsp3) is 0.100. The van der Waals surface area contributed by atoms with Crippen molar-refractivity contribution in [3.8, 4) is 5.69 Å². The minimum absolute atomic E-state index is 0.281. The van der Waals surface area contributed by atoms with E-state index >= 15 is 0 Å². The molecule has 0 atom stereocenters. The van der Waals surface area contributed by atoms with Gasteiger partial charge in [0, 0.05) is 5.39 Å². The number of para-hydroxylation sites is 2. The lowest BCUT2D eigenvalue weighted by atomic mass is 10.2. The molecule has 1 N–H and O–H groups in total. The van der Waals surface area contributed by atoms with E-state index in [1.165, 1.54) is 0 Å². The maximum atomic E-state index is 12.6. The number of hydrogen-bond acceptors (Lipinski definition) is 4. The van der Waals surface area contributed by atoms with E-state index in [0.29, 0.717) is 11.5 Å². The number of fused-ring (bicyclic) bond motifs is 1. The minimum atomic E-state index is -0.329. The second-order valence-corrected chi connectivity index (χ2v) is 6.07. The molecule has 0 unspecified atom stereocenters. The lowest BCUT2D eigenvalue weighted by molar-refractivity contribution is 0.102. The van der Waals surface area contributed by atoms with Gasteiger partial charge in [-0.3, -0.25) is 4.79 Å². The monoisotopic (exact) mass is 343 g/mol. The molecule has 4 aromatic rings. The van der Waals surface area contributed by atoms with Crippen LogP contribution in [0.5, 0.6) is 0 Å². The van der Waals surface area contributed by atoms with E-state index in [-0.39, 0.29) is 11.6 Å². The number of rotatable bonds is 3. The fourth-order valence-corrected chi connectivity index (χ4v) is 2.88. The van der Waals surface area contributed by atoms with Crippen molar-refractivity contribution in [2.24, 2.45) is 0 Å². The van der Waals surface area contributed by atoms with Gasteiger partial charge in [-0.1, -0.05) is 41.6 Å². The Morgan fingerprint density at radius 1 is 0.962 bits per heavy atom. The van der Waals surface area contributed by atoms with Crippen LogP contribution in [0.2, 0.25) is 0 Å². The zero-order chi connectivity index (χ0) is 18.1. The molecule has 0 aliphatic carbocycles. The number of aryl methyl sites for hydroxylation is 1. The molecule has 0 saturated heterocycles. The molecule has 0 spiro atoms. The Labute approximate surface area is 150 Å². The zero-order valence-corrected chi connectivity index (χ0v) is 14.5. The third-order valence-electron chi connectivity index (χ3n) is 4.29. The SMILES string of the molecule is Cc1ccccc1-n1nnc(C(=O)Nc2ccc3ccccc3n2)c1C. The number of anilines is 1. The average Bonchev–Trinajstić information content (AvgIpc) is 3.03. The van der Waals surface area contributed by atoms with Gasteiger partial charge in [-0.25, -0.2) is 9.67 Å². The summed E-state index contributed by atoms with van der Waals surface area (Å²) in [6, 6.07) is 19.3. The van der Waals surface area contributed by atoms with Crippen LogP contribution in [0.15, 0.2) is 60.7 Å². The molecule has 0 aliphatic rings. The van der Waals surface area contributed by atoms with Crippen LogP contribution in [0.1, 0.15) is 21.7 Å². The smallest absolute Gasteiger partial charge is 0.279 e. The number of hydrogen-bond donors (Lipinski definition) is 1. The number of carbonyl (C=O) groups is 1. The first-order valence-corrected chi connectivity index (χ1v) is 8.29. The summed E-state index contributed by atoms with van der Waals surface area (Å²) in [5.41, 5.74) is 3.75. The summed E-state index contributed by atoms with van der Waals surface area (Å²) in [5, 5.41) is 12.0. The van der Waals surface area contributed by atoms with Gasteiger partial charge in [-0.05, 0) is 43.7 Å². The second kappa shape index (κ2) is 6.40.